The maximum absolute atomic E-state index is 11.6. The van der Waals surface area contributed by atoms with Crippen molar-refractivity contribution in [1.29, 1.82) is 0 Å². The van der Waals surface area contributed by atoms with Crippen LogP contribution in [0.5, 0.6) is 0 Å². The molecule has 0 aliphatic carbocycles. The van der Waals surface area contributed by atoms with Gasteiger partial charge in [-0.05, 0) is 19.3 Å². The summed E-state index contributed by atoms with van der Waals surface area (Å²) in [6.07, 6.45) is 2.94. The van der Waals surface area contributed by atoms with Crippen molar-refractivity contribution < 1.29 is 9.90 Å². The van der Waals surface area contributed by atoms with E-state index in [1.165, 1.54) is 0 Å². The third-order valence-electron chi connectivity index (χ3n) is 2.88. The van der Waals surface area contributed by atoms with Crippen molar-refractivity contribution >= 4 is 5.91 Å². The normalized spacial score (nSPS) is 14.7. The van der Waals surface area contributed by atoms with E-state index < -0.39 is 6.10 Å². The number of nitrogens with one attached hydrogen (secondary N) is 2. The lowest BCUT2D eigenvalue weighted by Gasteiger charge is -2.19. The van der Waals surface area contributed by atoms with Gasteiger partial charge in [0.15, 0.2) is 0 Å². The summed E-state index contributed by atoms with van der Waals surface area (Å²) in [6.45, 7) is 9.08. The molecule has 0 radical (unpaired) electrons. The maximum atomic E-state index is 11.6. The largest absolute Gasteiger partial charge is 0.392 e. The summed E-state index contributed by atoms with van der Waals surface area (Å²) >= 11 is 0. The standard InChI is InChI=1S/C13H28N2O2/c1-5-6-7-8-14-13(17)11(4)15-9-12(16)10(2)3/h10-12,15-16H,5-9H2,1-4H3,(H,14,17). The highest BCUT2D eigenvalue weighted by atomic mass is 16.3. The molecule has 4 heteroatoms. The summed E-state index contributed by atoms with van der Waals surface area (Å²) in [7, 11) is 0. The van der Waals surface area contributed by atoms with Gasteiger partial charge in [-0.15, -0.1) is 0 Å². The number of carbonyl (C=O) groups is 1. The van der Waals surface area contributed by atoms with Crippen molar-refractivity contribution in [1.82, 2.24) is 10.6 Å². The SMILES string of the molecule is CCCCCNC(=O)C(C)NCC(O)C(C)C. The number of aliphatic hydroxyl groups is 1. The van der Waals surface area contributed by atoms with Crippen LogP contribution in [0.4, 0.5) is 0 Å². The molecular weight excluding hydrogens is 216 g/mol. The summed E-state index contributed by atoms with van der Waals surface area (Å²) in [6, 6.07) is -0.245. The molecule has 3 N–H and O–H groups in total. The van der Waals surface area contributed by atoms with Crippen LogP contribution in [0.15, 0.2) is 0 Å². The molecule has 4 nitrogen and oxygen atoms in total. The van der Waals surface area contributed by atoms with Gasteiger partial charge in [-0.3, -0.25) is 4.79 Å². The van der Waals surface area contributed by atoms with Gasteiger partial charge in [-0.25, -0.2) is 0 Å². The molecular formula is C13H28N2O2. The number of carbonyl (C=O) groups excluding carboxylic acids is 1. The van der Waals surface area contributed by atoms with Gasteiger partial charge in [0.1, 0.15) is 0 Å². The fraction of sp³-hybridized carbons (Fsp3) is 0.923. The predicted molar refractivity (Wildman–Crippen MR) is 70.8 cm³/mol. The van der Waals surface area contributed by atoms with E-state index in [4.69, 9.17) is 0 Å². The Labute approximate surface area is 105 Å². The van der Waals surface area contributed by atoms with Crippen LogP contribution in [0.25, 0.3) is 0 Å². The first kappa shape index (κ1) is 16.4. The van der Waals surface area contributed by atoms with Crippen molar-refractivity contribution in [3.05, 3.63) is 0 Å². The lowest BCUT2D eigenvalue weighted by Crippen LogP contribution is -2.45. The molecule has 2 atom stereocenters. The minimum atomic E-state index is -0.398. The van der Waals surface area contributed by atoms with Crippen LogP contribution in [-0.2, 0) is 4.79 Å². The lowest BCUT2D eigenvalue weighted by atomic mass is 10.1. The molecule has 0 fully saturated rings. The van der Waals surface area contributed by atoms with Gasteiger partial charge in [0.05, 0.1) is 12.1 Å². The Bertz CT molecular complexity index is 208. The Hall–Kier alpha value is -0.610. The first-order valence-corrected chi connectivity index (χ1v) is 6.68. The van der Waals surface area contributed by atoms with E-state index in [-0.39, 0.29) is 17.9 Å². The zero-order chi connectivity index (χ0) is 13.3. The highest BCUT2D eigenvalue weighted by molar-refractivity contribution is 5.81. The van der Waals surface area contributed by atoms with E-state index in [0.29, 0.717) is 6.54 Å². The fourth-order valence-electron chi connectivity index (χ4n) is 1.37. The fourth-order valence-corrected chi connectivity index (χ4v) is 1.37. The van der Waals surface area contributed by atoms with Crippen LogP contribution < -0.4 is 10.6 Å². The molecule has 17 heavy (non-hydrogen) atoms. The van der Waals surface area contributed by atoms with E-state index in [9.17, 15) is 9.90 Å². The second-order valence-electron chi connectivity index (χ2n) is 4.94. The lowest BCUT2D eigenvalue weighted by molar-refractivity contribution is -0.122. The Morgan fingerprint density at radius 1 is 1.24 bits per heavy atom. The van der Waals surface area contributed by atoms with Crippen molar-refractivity contribution in [2.75, 3.05) is 13.1 Å². The molecule has 1 amide bonds. The van der Waals surface area contributed by atoms with Crippen molar-refractivity contribution in [3.63, 3.8) is 0 Å². The van der Waals surface area contributed by atoms with Crippen molar-refractivity contribution in [3.8, 4) is 0 Å². The van der Waals surface area contributed by atoms with Crippen LogP contribution in [0.3, 0.4) is 0 Å². The van der Waals surface area contributed by atoms with Gasteiger partial charge in [0.25, 0.3) is 0 Å². The number of amides is 1. The van der Waals surface area contributed by atoms with Crippen molar-refractivity contribution in [2.45, 2.75) is 59.1 Å². The summed E-state index contributed by atoms with van der Waals surface area (Å²) in [5.41, 5.74) is 0. The minimum absolute atomic E-state index is 0.0112. The van der Waals surface area contributed by atoms with Gasteiger partial charge in [-0.2, -0.15) is 0 Å². The highest BCUT2D eigenvalue weighted by Gasteiger charge is 2.14. The molecule has 0 aliphatic rings. The zero-order valence-corrected chi connectivity index (χ0v) is 11.6. The van der Waals surface area contributed by atoms with E-state index in [0.717, 1.165) is 25.8 Å². The monoisotopic (exact) mass is 244 g/mol. The zero-order valence-electron chi connectivity index (χ0n) is 11.6. The molecule has 0 saturated heterocycles. The van der Waals surface area contributed by atoms with Gasteiger partial charge >= 0.3 is 0 Å². The van der Waals surface area contributed by atoms with Crippen LogP contribution in [0.2, 0.25) is 0 Å². The van der Waals surface area contributed by atoms with Crippen LogP contribution in [0, 0.1) is 5.92 Å². The van der Waals surface area contributed by atoms with Crippen LogP contribution in [0.1, 0.15) is 47.0 Å². The topological polar surface area (TPSA) is 61.4 Å². The molecule has 0 aromatic rings. The maximum Gasteiger partial charge on any atom is 0.236 e. The summed E-state index contributed by atoms with van der Waals surface area (Å²) in [4.78, 5) is 11.6. The molecule has 0 aromatic carbocycles. The molecule has 0 spiro atoms. The number of hydrogen-bond acceptors (Lipinski definition) is 3. The number of hydrogen-bond donors (Lipinski definition) is 3. The number of unbranched alkanes of at least 4 members (excludes halogenated alkanes) is 2. The summed E-state index contributed by atoms with van der Waals surface area (Å²) < 4.78 is 0. The molecule has 0 rings (SSSR count). The van der Waals surface area contributed by atoms with Gasteiger partial charge in [-0.1, -0.05) is 33.6 Å². The molecule has 2 unspecified atom stereocenters. The van der Waals surface area contributed by atoms with Crippen LogP contribution >= 0.6 is 0 Å². The summed E-state index contributed by atoms with van der Waals surface area (Å²) in [5.74, 6) is 0.222. The quantitative estimate of drug-likeness (QED) is 0.536. The van der Waals surface area contributed by atoms with Crippen molar-refractivity contribution in [2.24, 2.45) is 5.92 Å². The molecule has 102 valence electrons. The molecule has 0 bridgehead atoms. The van der Waals surface area contributed by atoms with E-state index in [2.05, 4.69) is 17.6 Å². The third kappa shape index (κ3) is 8.16. The number of aliphatic hydroxyl groups excluding tert-OH is 1. The second kappa shape index (κ2) is 9.42. The van der Waals surface area contributed by atoms with E-state index >= 15 is 0 Å². The second-order valence-corrected chi connectivity index (χ2v) is 4.94. The predicted octanol–water partition coefficient (Wildman–Crippen LogP) is 1.29. The van der Waals surface area contributed by atoms with E-state index in [1.807, 2.05) is 20.8 Å². The minimum Gasteiger partial charge on any atom is -0.392 e. The average Bonchev–Trinajstić information content (AvgIpc) is 2.30. The number of rotatable bonds is 9. The summed E-state index contributed by atoms with van der Waals surface area (Å²) in [5, 5.41) is 15.5. The Morgan fingerprint density at radius 2 is 1.88 bits per heavy atom. The Morgan fingerprint density at radius 3 is 2.41 bits per heavy atom. The Kier molecular flexibility index (Phi) is 9.09. The van der Waals surface area contributed by atoms with Gasteiger partial charge < -0.3 is 15.7 Å². The van der Waals surface area contributed by atoms with Crippen LogP contribution in [-0.4, -0.2) is 36.2 Å². The Balaban J connectivity index is 3.67. The van der Waals surface area contributed by atoms with Gasteiger partial charge in [0.2, 0.25) is 5.91 Å². The highest BCUT2D eigenvalue weighted by Crippen LogP contribution is 1.99. The average molecular weight is 244 g/mol. The van der Waals surface area contributed by atoms with E-state index in [1.54, 1.807) is 0 Å². The third-order valence-corrected chi connectivity index (χ3v) is 2.88. The molecule has 0 aromatic heterocycles. The molecule has 0 saturated carbocycles. The van der Waals surface area contributed by atoms with Gasteiger partial charge in [0, 0.05) is 13.1 Å². The first-order chi connectivity index (χ1) is 7.99. The smallest absolute Gasteiger partial charge is 0.236 e. The molecule has 0 heterocycles. The first-order valence-electron chi connectivity index (χ1n) is 6.68. The molecule has 0 aliphatic heterocycles.